The average Bonchev–Trinajstić information content (AvgIpc) is 3.33. The van der Waals surface area contributed by atoms with Crippen LogP contribution in [0.25, 0.3) is 17.1 Å². The summed E-state index contributed by atoms with van der Waals surface area (Å²) in [5, 5.41) is 13.3. The fourth-order valence-corrected chi connectivity index (χ4v) is 4.31. The maximum Gasteiger partial charge on any atom is 0.308 e. The molecule has 4 rings (SSSR count). The number of aromatic nitrogens is 3. The number of benzene rings is 3. The zero-order valence-corrected chi connectivity index (χ0v) is 22.3. The van der Waals surface area contributed by atoms with Gasteiger partial charge in [0.2, 0.25) is 0 Å². The highest BCUT2D eigenvalue weighted by Crippen LogP contribution is 2.29. The van der Waals surface area contributed by atoms with Gasteiger partial charge in [0.25, 0.3) is 5.91 Å². The lowest BCUT2D eigenvalue weighted by Crippen LogP contribution is -2.20. The lowest BCUT2D eigenvalue weighted by molar-refractivity contribution is -0.132. The Hall–Kier alpha value is -3.96. The molecular weight excluding hydrogens is 558 g/mol. The lowest BCUT2D eigenvalue weighted by atomic mass is 10.2. The molecule has 4 aromatic rings. The third kappa shape index (κ3) is 6.83. The van der Waals surface area contributed by atoms with Crippen molar-refractivity contribution in [2.24, 2.45) is 5.10 Å². The summed E-state index contributed by atoms with van der Waals surface area (Å²) in [7, 11) is 1.47. The minimum absolute atomic E-state index is 0.0807. The first-order chi connectivity index (χ1) is 17.9. The van der Waals surface area contributed by atoms with Crippen LogP contribution in [0.3, 0.4) is 0 Å². The number of nitrogens with one attached hydrogen (secondary N) is 1. The number of rotatable bonds is 9. The number of amides is 1. The van der Waals surface area contributed by atoms with Crippen molar-refractivity contribution in [3.8, 4) is 28.6 Å². The Morgan fingerprint density at radius 3 is 2.51 bits per heavy atom. The molecule has 0 aliphatic carbocycles. The van der Waals surface area contributed by atoms with Crippen molar-refractivity contribution in [2.45, 2.75) is 12.1 Å². The highest BCUT2D eigenvalue weighted by Gasteiger charge is 2.17. The first kappa shape index (κ1) is 26.1. The standard InChI is InChI=1S/C26H22BrN5O4S/c1-17(33)36-22-13-8-18(14-23(22)35-2)15-28-29-24(34)16-37-26-31-30-25(19-9-11-20(27)12-10-19)32(26)21-6-4-3-5-7-21/h3-15H,16H2,1-2H3,(H,29,34)/b28-15+. The number of methoxy groups -OCH3 is 1. The molecule has 37 heavy (non-hydrogen) atoms. The van der Waals surface area contributed by atoms with Gasteiger partial charge in [-0.3, -0.25) is 14.2 Å². The summed E-state index contributed by atoms with van der Waals surface area (Å²) in [6, 6.07) is 22.5. The van der Waals surface area contributed by atoms with E-state index in [1.165, 1.54) is 32.0 Å². The molecule has 0 spiro atoms. The fraction of sp³-hybridized carbons (Fsp3) is 0.115. The SMILES string of the molecule is COc1cc(/C=N/NC(=O)CSc2nnc(-c3ccc(Br)cc3)n2-c2ccccc2)ccc1OC(C)=O. The third-order valence-electron chi connectivity index (χ3n) is 4.93. The second-order valence-corrected chi connectivity index (χ2v) is 9.43. The number of esters is 1. The zero-order chi connectivity index (χ0) is 26.2. The zero-order valence-electron chi connectivity index (χ0n) is 19.9. The molecular formula is C26H22BrN5O4S. The van der Waals surface area contributed by atoms with Gasteiger partial charge in [-0.25, -0.2) is 5.43 Å². The average molecular weight is 580 g/mol. The molecule has 1 N–H and O–H groups in total. The summed E-state index contributed by atoms with van der Waals surface area (Å²) in [5.41, 5.74) is 4.95. The van der Waals surface area contributed by atoms with E-state index in [2.05, 4.69) is 36.7 Å². The Bertz CT molecular complexity index is 1420. The van der Waals surface area contributed by atoms with Crippen LogP contribution in [0, 0.1) is 0 Å². The van der Waals surface area contributed by atoms with Gasteiger partial charge in [0.1, 0.15) is 0 Å². The van der Waals surface area contributed by atoms with Gasteiger partial charge in [-0.2, -0.15) is 5.10 Å². The third-order valence-corrected chi connectivity index (χ3v) is 6.38. The molecule has 0 unspecified atom stereocenters. The normalized spacial score (nSPS) is 10.9. The predicted octanol–water partition coefficient (Wildman–Crippen LogP) is 4.87. The number of carbonyl (C=O) groups is 2. The van der Waals surface area contributed by atoms with Crippen molar-refractivity contribution >= 4 is 45.8 Å². The molecule has 0 aliphatic heterocycles. The number of hydrogen-bond acceptors (Lipinski definition) is 8. The van der Waals surface area contributed by atoms with Crippen LogP contribution in [-0.2, 0) is 9.59 Å². The molecule has 1 heterocycles. The van der Waals surface area contributed by atoms with E-state index in [-0.39, 0.29) is 11.7 Å². The molecule has 0 radical (unpaired) electrons. The maximum absolute atomic E-state index is 12.5. The van der Waals surface area contributed by atoms with Crippen molar-refractivity contribution in [3.63, 3.8) is 0 Å². The molecule has 1 aromatic heterocycles. The Morgan fingerprint density at radius 1 is 1.05 bits per heavy atom. The van der Waals surface area contributed by atoms with Crippen LogP contribution in [-0.4, -0.2) is 45.7 Å². The van der Waals surface area contributed by atoms with Crippen LogP contribution in [0.4, 0.5) is 0 Å². The molecule has 0 bridgehead atoms. The van der Waals surface area contributed by atoms with Crippen LogP contribution >= 0.6 is 27.7 Å². The summed E-state index contributed by atoms with van der Waals surface area (Å²) >= 11 is 4.71. The van der Waals surface area contributed by atoms with E-state index >= 15 is 0 Å². The number of hydrazone groups is 1. The van der Waals surface area contributed by atoms with Crippen molar-refractivity contribution in [3.05, 3.63) is 82.8 Å². The van der Waals surface area contributed by atoms with Crippen LogP contribution in [0.15, 0.2) is 87.5 Å². The second-order valence-electron chi connectivity index (χ2n) is 7.57. The first-order valence-electron chi connectivity index (χ1n) is 11.0. The van der Waals surface area contributed by atoms with Crippen LogP contribution in [0.1, 0.15) is 12.5 Å². The molecule has 0 saturated heterocycles. The summed E-state index contributed by atoms with van der Waals surface area (Å²) in [5.74, 6) is 0.678. The summed E-state index contributed by atoms with van der Waals surface area (Å²) in [6.07, 6.45) is 1.47. The van der Waals surface area contributed by atoms with E-state index in [0.29, 0.717) is 28.0 Å². The number of para-hydroxylation sites is 1. The van der Waals surface area contributed by atoms with Crippen molar-refractivity contribution < 1.29 is 19.1 Å². The molecule has 3 aromatic carbocycles. The van der Waals surface area contributed by atoms with Crippen LogP contribution in [0.5, 0.6) is 11.5 Å². The Kier molecular flexibility index (Phi) is 8.70. The minimum atomic E-state index is -0.448. The van der Waals surface area contributed by atoms with Gasteiger partial charge in [-0.05, 0) is 48.0 Å². The van der Waals surface area contributed by atoms with Gasteiger partial charge in [0.15, 0.2) is 22.5 Å². The maximum atomic E-state index is 12.5. The topological polar surface area (TPSA) is 108 Å². The Labute approximate surface area is 226 Å². The van der Waals surface area contributed by atoms with Crippen LogP contribution in [0.2, 0.25) is 0 Å². The number of carbonyl (C=O) groups excluding carboxylic acids is 2. The highest BCUT2D eigenvalue weighted by atomic mass is 79.9. The van der Waals surface area contributed by atoms with Gasteiger partial charge >= 0.3 is 5.97 Å². The number of hydrogen-bond donors (Lipinski definition) is 1. The monoisotopic (exact) mass is 579 g/mol. The Balaban J connectivity index is 1.44. The van der Waals surface area contributed by atoms with Gasteiger partial charge < -0.3 is 9.47 Å². The smallest absolute Gasteiger partial charge is 0.308 e. The van der Waals surface area contributed by atoms with E-state index in [9.17, 15) is 9.59 Å². The quantitative estimate of drug-likeness (QED) is 0.0990. The van der Waals surface area contributed by atoms with Gasteiger partial charge in [-0.15, -0.1) is 10.2 Å². The van der Waals surface area contributed by atoms with E-state index < -0.39 is 5.97 Å². The fourth-order valence-electron chi connectivity index (χ4n) is 3.30. The van der Waals surface area contributed by atoms with E-state index in [1.54, 1.807) is 18.2 Å². The van der Waals surface area contributed by atoms with Crippen LogP contribution < -0.4 is 14.9 Å². The summed E-state index contributed by atoms with van der Waals surface area (Å²) in [4.78, 5) is 23.7. The number of ether oxygens (including phenoxy) is 2. The van der Waals surface area contributed by atoms with Gasteiger partial charge in [0, 0.05) is 22.6 Å². The van der Waals surface area contributed by atoms with E-state index in [4.69, 9.17) is 9.47 Å². The summed E-state index contributed by atoms with van der Waals surface area (Å²) < 4.78 is 13.2. The van der Waals surface area contributed by atoms with E-state index in [1.807, 2.05) is 59.2 Å². The molecule has 188 valence electrons. The minimum Gasteiger partial charge on any atom is -0.493 e. The first-order valence-corrected chi connectivity index (χ1v) is 12.8. The molecule has 11 heteroatoms. The van der Waals surface area contributed by atoms with Crippen molar-refractivity contribution in [1.82, 2.24) is 20.2 Å². The van der Waals surface area contributed by atoms with Gasteiger partial charge in [0.05, 0.1) is 19.1 Å². The molecule has 0 atom stereocenters. The lowest BCUT2D eigenvalue weighted by Gasteiger charge is -2.10. The molecule has 0 aliphatic rings. The van der Waals surface area contributed by atoms with Gasteiger partial charge in [-0.1, -0.05) is 58.0 Å². The summed E-state index contributed by atoms with van der Waals surface area (Å²) in [6.45, 7) is 1.31. The van der Waals surface area contributed by atoms with Crippen molar-refractivity contribution in [1.29, 1.82) is 0 Å². The largest absolute Gasteiger partial charge is 0.493 e. The highest BCUT2D eigenvalue weighted by molar-refractivity contribution is 9.10. The molecule has 0 fully saturated rings. The van der Waals surface area contributed by atoms with E-state index in [0.717, 1.165) is 15.7 Å². The number of halogens is 1. The second kappa shape index (κ2) is 12.3. The van der Waals surface area contributed by atoms with Crippen molar-refractivity contribution in [2.75, 3.05) is 12.9 Å². The molecule has 9 nitrogen and oxygen atoms in total. The predicted molar refractivity (Wildman–Crippen MR) is 145 cm³/mol. The number of nitrogens with zero attached hydrogens (tertiary/aromatic N) is 4. The number of thioether (sulfide) groups is 1. The molecule has 1 amide bonds. The Morgan fingerprint density at radius 2 is 1.81 bits per heavy atom. The molecule has 0 saturated carbocycles.